The molecule has 2 nitrogen and oxygen atoms in total. The van der Waals surface area contributed by atoms with Crippen LogP contribution in [0.4, 0.5) is 0 Å². The molecule has 0 heterocycles. The highest BCUT2D eigenvalue weighted by Gasteiger charge is 2.12. The van der Waals surface area contributed by atoms with Crippen LogP contribution < -0.4 is 0 Å². The average molecular weight is 173 g/mol. The molecule has 2 unspecified atom stereocenters. The molecule has 0 aliphatic rings. The van der Waals surface area contributed by atoms with Gasteiger partial charge in [-0.25, -0.2) is 0 Å². The Balaban J connectivity index is 3.81. The van der Waals surface area contributed by atoms with Gasteiger partial charge in [-0.05, 0) is 25.8 Å². The molecule has 74 valence electrons. The lowest BCUT2D eigenvalue weighted by Gasteiger charge is -2.29. The summed E-state index contributed by atoms with van der Waals surface area (Å²) in [6, 6.07) is 0.643. The third-order valence-electron chi connectivity index (χ3n) is 2.48. The van der Waals surface area contributed by atoms with E-state index in [4.69, 9.17) is 5.11 Å². The lowest BCUT2D eigenvalue weighted by atomic mass is 10.1. The molecule has 0 aliphatic carbocycles. The fourth-order valence-electron chi connectivity index (χ4n) is 1.34. The lowest BCUT2D eigenvalue weighted by Crippen LogP contribution is -2.36. The minimum atomic E-state index is 0.299. The van der Waals surface area contributed by atoms with Gasteiger partial charge in [0.1, 0.15) is 0 Å². The highest BCUT2D eigenvalue weighted by molar-refractivity contribution is 4.66. The van der Waals surface area contributed by atoms with Gasteiger partial charge in [0.25, 0.3) is 0 Å². The first-order chi connectivity index (χ1) is 5.65. The van der Waals surface area contributed by atoms with Crippen molar-refractivity contribution in [3.63, 3.8) is 0 Å². The van der Waals surface area contributed by atoms with Gasteiger partial charge in [0.05, 0.1) is 0 Å². The average Bonchev–Trinajstić information content (AvgIpc) is 2.12. The number of hydrogen-bond acceptors (Lipinski definition) is 2. The predicted molar refractivity (Wildman–Crippen MR) is 53.2 cm³/mol. The molecular weight excluding hydrogens is 150 g/mol. The summed E-state index contributed by atoms with van der Waals surface area (Å²) in [7, 11) is 0. The van der Waals surface area contributed by atoms with E-state index in [-0.39, 0.29) is 0 Å². The Morgan fingerprint density at radius 2 is 1.83 bits per heavy atom. The zero-order valence-electron chi connectivity index (χ0n) is 8.88. The standard InChI is InChI=1S/C10H23NO/c1-5-10(4)11(6-2)7-9(3)8-12/h9-10,12H,5-8H2,1-4H3. The summed E-state index contributed by atoms with van der Waals surface area (Å²) in [5, 5.41) is 8.91. The molecule has 2 atom stereocenters. The van der Waals surface area contributed by atoms with Crippen LogP contribution in [0.5, 0.6) is 0 Å². The molecule has 0 aliphatic heterocycles. The molecule has 2 heteroatoms. The van der Waals surface area contributed by atoms with Gasteiger partial charge in [-0.15, -0.1) is 0 Å². The number of aliphatic hydroxyl groups excluding tert-OH is 1. The van der Waals surface area contributed by atoms with Crippen molar-refractivity contribution in [1.82, 2.24) is 4.90 Å². The topological polar surface area (TPSA) is 23.5 Å². The Morgan fingerprint density at radius 3 is 2.17 bits per heavy atom. The molecule has 0 rings (SSSR count). The van der Waals surface area contributed by atoms with Crippen molar-refractivity contribution >= 4 is 0 Å². The van der Waals surface area contributed by atoms with Gasteiger partial charge >= 0.3 is 0 Å². The van der Waals surface area contributed by atoms with Crippen LogP contribution in [-0.4, -0.2) is 35.7 Å². The second-order valence-electron chi connectivity index (χ2n) is 3.63. The molecule has 0 radical (unpaired) electrons. The van der Waals surface area contributed by atoms with Gasteiger partial charge in [-0.3, -0.25) is 0 Å². The Kier molecular flexibility index (Phi) is 6.39. The SMILES string of the molecule is CCC(C)N(CC)CC(C)CO. The van der Waals surface area contributed by atoms with Crippen LogP contribution in [0, 0.1) is 5.92 Å². The first-order valence-corrected chi connectivity index (χ1v) is 5.00. The van der Waals surface area contributed by atoms with Crippen molar-refractivity contribution in [3.05, 3.63) is 0 Å². The van der Waals surface area contributed by atoms with Gasteiger partial charge in [0, 0.05) is 19.2 Å². The zero-order valence-corrected chi connectivity index (χ0v) is 8.88. The summed E-state index contributed by atoms with van der Waals surface area (Å²) in [6.07, 6.45) is 1.19. The summed E-state index contributed by atoms with van der Waals surface area (Å²) in [6.45, 7) is 11.1. The largest absolute Gasteiger partial charge is 0.396 e. The van der Waals surface area contributed by atoms with Crippen molar-refractivity contribution in [3.8, 4) is 0 Å². The lowest BCUT2D eigenvalue weighted by molar-refractivity contribution is 0.146. The fourth-order valence-corrected chi connectivity index (χ4v) is 1.34. The fraction of sp³-hybridized carbons (Fsp3) is 1.00. The molecule has 0 aromatic carbocycles. The van der Waals surface area contributed by atoms with Crippen LogP contribution in [0.3, 0.4) is 0 Å². The zero-order chi connectivity index (χ0) is 9.56. The molecule has 1 N–H and O–H groups in total. The smallest absolute Gasteiger partial charge is 0.0468 e. The monoisotopic (exact) mass is 173 g/mol. The molecule has 0 amide bonds. The molecule has 0 aromatic heterocycles. The molecule has 0 aromatic rings. The van der Waals surface area contributed by atoms with E-state index in [0.29, 0.717) is 18.6 Å². The Bertz CT molecular complexity index is 106. The minimum absolute atomic E-state index is 0.299. The van der Waals surface area contributed by atoms with Crippen LogP contribution in [0.2, 0.25) is 0 Å². The van der Waals surface area contributed by atoms with E-state index in [1.54, 1.807) is 0 Å². The third-order valence-corrected chi connectivity index (χ3v) is 2.48. The van der Waals surface area contributed by atoms with Crippen molar-refractivity contribution in [2.45, 2.75) is 40.2 Å². The number of hydrogen-bond donors (Lipinski definition) is 1. The van der Waals surface area contributed by atoms with Crippen LogP contribution in [-0.2, 0) is 0 Å². The minimum Gasteiger partial charge on any atom is -0.396 e. The first-order valence-electron chi connectivity index (χ1n) is 5.00. The molecule has 0 fully saturated rings. The number of rotatable bonds is 6. The second-order valence-corrected chi connectivity index (χ2v) is 3.63. The van der Waals surface area contributed by atoms with E-state index >= 15 is 0 Å². The van der Waals surface area contributed by atoms with E-state index in [9.17, 15) is 0 Å². The maximum absolute atomic E-state index is 8.91. The van der Waals surface area contributed by atoms with E-state index < -0.39 is 0 Å². The summed E-state index contributed by atoms with van der Waals surface area (Å²) in [5.74, 6) is 0.402. The van der Waals surface area contributed by atoms with Gasteiger partial charge < -0.3 is 10.0 Å². The van der Waals surface area contributed by atoms with Crippen LogP contribution >= 0.6 is 0 Å². The van der Waals surface area contributed by atoms with Crippen molar-refractivity contribution in [2.24, 2.45) is 5.92 Å². The van der Waals surface area contributed by atoms with Crippen molar-refractivity contribution < 1.29 is 5.11 Å². The molecule has 0 saturated carbocycles. The summed E-state index contributed by atoms with van der Waals surface area (Å²) in [5.41, 5.74) is 0. The number of aliphatic hydroxyl groups is 1. The quantitative estimate of drug-likeness (QED) is 0.661. The van der Waals surface area contributed by atoms with E-state index in [0.717, 1.165) is 13.1 Å². The molecule has 0 bridgehead atoms. The van der Waals surface area contributed by atoms with E-state index in [2.05, 4.69) is 32.6 Å². The van der Waals surface area contributed by atoms with Crippen LogP contribution in [0.1, 0.15) is 34.1 Å². The maximum atomic E-state index is 8.91. The van der Waals surface area contributed by atoms with Crippen molar-refractivity contribution in [2.75, 3.05) is 19.7 Å². The third kappa shape index (κ3) is 4.07. The molecular formula is C10H23NO. The van der Waals surface area contributed by atoms with E-state index in [1.807, 2.05) is 0 Å². The summed E-state index contributed by atoms with van der Waals surface area (Å²) in [4.78, 5) is 2.42. The Hall–Kier alpha value is -0.0800. The van der Waals surface area contributed by atoms with Gasteiger partial charge in [0.15, 0.2) is 0 Å². The van der Waals surface area contributed by atoms with Crippen LogP contribution in [0.25, 0.3) is 0 Å². The summed E-state index contributed by atoms with van der Waals surface area (Å²) < 4.78 is 0. The Labute approximate surface area is 76.6 Å². The predicted octanol–water partition coefficient (Wildman–Crippen LogP) is 1.74. The molecule has 0 saturated heterocycles. The van der Waals surface area contributed by atoms with E-state index in [1.165, 1.54) is 6.42 Å². The highest BCUT2D eigenvalue weighted by Crippen LogP contribution is 2.06. The number of nitrogens with zero attached hydrogens (tertiary/aromatic N) is 1. The van der Waals surface area contributed by atoms with Gasteiger partial charge in [-0.2, -0.15) is 0 Å². The molecule has 12 heavy (non-hydrogen) atoms. The normalized spacial score (nSPS) is 16.5. The highest BCUT2D eigenvalue weighted by atomic mass is 16.3. The van der Waals surface area contributed by atoms with Crippen molar-refractivity contribution in [1.29, 1.82) is 0 Å². The second kappa shape index (κ2) is 6.44. The van der Waals surface area contributed by atoms with Gasteiger partial charge in [-0.1, -0.05) is 20.8 Å². The Morgan fingerprint density at radius 1 is 1.25 bits per heavy atom. The molecule has 0 spiro atoms. The van der Waals surface area contributed by atoms with Gasteiger partial charge in [0.2, 0.25) is 0 Å². The summed E-state index contributed by atoms with van der Waals surface area (Å²) >= 11 is 0. The maximum Gasteiger partial charge on any atom is 0.0468 e. The van der Waals surface area contributed by atoms with Crippen LogP contribution in [0.15, 0.2) is 0 Å². The first kappa shape index (κ1) is 11.9.